The first-order valence-corrected chi connectivity index (χ1v) is 23.6. The summed E-state index contributed by atoms with van der Waals surface area (Å²) in [6, 6.07) is 15.8. The molecule has 4 amide bonds. The quantitative estimate of drug-likeness (QED) is 0.0863. The van der Waals surface area contributed by atoms with Gasteiger partial charge in [-0.3, -0.25) is 29.0 Å². The lowest BCUT2D eigenvalue weighted by atomic mass is 9.85. The van der Waals surface area contributed by atoms with Crippen molar-refractivity contribution in [2.24, 2.45) is 11.3 Å². The summed E-state index contributed by atoms with van der Waals surface area (Å²) >= 11 is 6.97. The van der Waals surface area contributed by atoms with E-state index in [1.165, 1.54) is 41.2 Å². The number of aliphatic hydroxyl groups excluding tert-OH is 1. The van der Waals surface area contributed by atoms with Crippen LogP contribution < -0.4 is 20.4 Å². The second-order valence-corrected chi connectivity index (χ2v) is 20.3. The molecule has 1 aromatic heterocycles. The number of anilines is 2. The number of halogens is 4. The zero-order valence-corrected chi connectivity index (χ0v) is 40.5. The van der Waals surface area contributed by atoms with E-state index in [4.69, 9.17) is 12.2 Å². The number of carbonyl (C=O) groups excluding carboxylic acids is 4. The van der Waals surface area contributed by atoms with E-state index in [0.29, 0.717) is 37.2 Å². The maximum Gasteiger partial charge on any atom is 0.420 e. The number of nitriles is 1. The average molecular weight is 985 g/mol. The highest BCUT2D eigenvalue weighted by Gasteiger charge is 2.52. The molecule has 0 spiro atoms. The minimum atomic E-state index is -5.19. The number of aromatic nitrogens is 1. The molecule has 3 saturated heterocycles. The van der Waals surface area contributed by atoms with Crippen LogP contribution in [0.5, 0.6) is 0 Å². The van der Waals surface area contributed by atoms with Crippen molar-refractivity contribution in [2.75, 3.05) is 36.0 Å². The minimum Gasteiger partial charge on any atom is -0.391 e. The van der Waals surface area contributed by atoms with Gasteiger partial charge in [0.1, 0.15) is 23.2 Å². The third-order valence-electron chi connectivity index (χ3n) is 12.6. The Hall–Kier alpha value is -6.25. The number of amides is 4. The smallest absolute Gasteiger partial charge is 0.391 e. The predicted octanol–water partition coefficient (Wildman–Crippen LogP) is 6.94. The van der Waals surface area contributed by atoms with Crippen molar-refractivity contribution in [2.45, 2.75) is 97.3 Å². The van der Waals surface area contributed by atoms with E-state index >= 15 is 4.39 Å². The number of thiocarbonyl (C=S) groups is 1. The fourth-order valence-corrected chi connectivity index (χ4v) is 10.1. The van der Waals surface area contributed by atoms with Crippen LogP contribution in [0.25, 0.3) is 10.4 Å². The molecule has 3 atom stereocenters. The Morgan fingerprint density at radius 3 is 2.29 bits per heavy atom. The first-order valence-electron chi connectivity index (χ1n) is 22.4. The van der Waals surface area contributed by atoms with E-state index < -0.39 is 69.8 Å². The van der Waals surface area contributed by atoms with Gasteiger partial charge < -0.3 is 25.5 Å². The molecule has 3 aliphatic heterocycles. The van der Waals surface area contributed by atoms with E-state index in [0.717, 1.165) is 38.6 Å². The van der Waals surface area contributed by atoms with Gasteiger partial charge in [0.2, 0.25) is 17.7 Å². The largest absolute Gasteiger partial charge is 0.420 e. The zero-order chi connectivity index (χ0) is 50.2. The van der Waals surface area contributed by atoms with E-state index in [1.54, 1.807) is 24.3 Å². The molecular formula is C50H52F4N8O5S2. The number of nitrogens with one attached hydrogen (secondary N) is 2. The van der Waals surface area contributed by atoms with Crippen LogP contribution in [0.1, 0.15) is 81.7 Å². The van der Waals surface area contributed by atoms with Crippen LogP contribution in [0.15, 0.2) is 66.9 Å². The first-order chi connectivity index (χ1) is 32.5. The summed E-state index contributed by atoms with van der Waals surface area (Å²) in [6.45, 7) is 11.9. The standard InChI is InChI=1S/C50H52F4N8O5S2/c1-29-25-57-69-42(29)33-13-9-32(10-14-33)26-56-44(65)38-23-36(63)27-60(38)45(66)43(48(2,3)4)58-39(64)28-59-21-19-31(20-22-59)8-7-30-11-16-35(17-12-30)62-47(68)61(46(67)49(62,5)6)37-18-15-34(24-55)40(41(37)51)50(52,53)54/h9-18,25,31,36,38,43,63H,19-23,26-28H2,1-6H3,(H,56,65)(H,58,64)/t36-,38+,43-/m1/s1. The molecule has 13 nitrogen and oxygen atoms in total. The lowest BCUT2D eigenvalue weighted by molar-refractivity contribution is -0.144. The van der Waals surface area contributed by atoms with Crippen molar-refractivity contribution >= 4 is 63.9 Å². The summed E-state index contributed by atoms with van der Waals surface area (Å²) in [7, 11) is 0. The number of nitrogens with zero attached hydrogens (tertiary/aromatic N) is 6. The fraction of sp³-hybridized carbons (Fsp3) is 0.420. The number of benzene rings is 3. The summed E-state index contributed by atoms with van der Waals surface area (Å²) < 4.78 is 61.1. The van der Waals surface area contributed by atoms with Crippen LogP contribution in [0, 0.1) is 47.2 Å². The number of aryl methyl sites for hydroxylation is 1. The number of aliphatic hydroxyl groups is 1. The molecule has 3 aromatic carbocycles. The Kier molecular flexibility index (Phi) is 14.7. The summed E-state index contributed by atoms with van der Waals surface area (Å²) in [5, 5.41) is 25.4. The second-order valence-electron chi connectivity index (χ2n) is 19.1. The SMILES string of the molecule is Cc1cnsc1-c1ccc(CNC(=O)[C@@H]2C[C@@H](O)CN2C(=O)[C@@H](NC(=O)CN2CCC(C#Cc3ccc(N4C(=S)N(c5ccc(C#N)c(C(F)(F)F)c5F)C(=O)C4(C)C)cc3)CC2)C(C)(C)C)cc1. The number of likely N-dealkylation sites (tertiary alicyclic amines) is 2. The highest BCUT2D eigenvalue weighted by Crippen LogP contribution is 2.42. The van der Waals surface area contributed by atoms with Crippen LogP contribution >= 0.6 is 23.8 Å². The van der Waals surface area contributed by atoms with Crippen LogP contribution in [0.2, 0.25) is 0 Å². The van der Waals surface area contributed by atoms with Gasteiger partial charge in [-0.1, -0.05) is 56.9 Å². The summed E-state index contributed by atoms with van der Waals surface area (Å²) in [5.41, 5.74) is -1.46. The lowest BCUT2D eigenvalue weighted by Crippen LogP contribution is -2.58. The Morgan fingerprint density at radius 1 is 1.03 bits per heavy atom. The summed E-state index contributed by atoms with van der Waals surface area (Å²) in [6.07, 6.45) is -2.84. The molecule has 0 aliphatic carbocycles. The highest BCUT2D eigenvalue weighted by molar-refractivity contribution is 7.81. The molecule has 3 fully saturated rings. The number of piperidine rings is 1. The van der Waals surface area contributed by atoms with Crippen LogP contribution in [0.4, 0.5) is 28.9 Å². The second kappa shape index (κ2) is 20.0. The van der Waals surface area contributed by atoms with E-state index in [1.807, 2.05) is 63.1 Å². The molecule has 4 aromatic rings. The topological polar surface area (TPSA) is 162 Å². The lowest BCUT2D eigenvalue weighted by Gasteiger charge is -2.36. The molecule has 7 rings (SSSR count). The summed E-state index contributed by atoms with van der Waals surface area (Å²) in [4.78, 5) is 61.4. The van der Waals surface area contributed by atoms with Gasteiger partial charge in [0.15, 0.2) is 10.9 Å². The van der Waals surface area contributed by atoms with Crippen LogP contribution in [-0.2, 0) is 31.9 Å². The van der Waals surface area contributed by atoms with Crippen molar-refractivity contribution in [3.63, 3.8) is 0 Å². The predicted molar refractivity (Wildman–Crippen MR) is 257 cm³/mol. The fourth-order valence-electron chi connectivity index (χ4n) is 8.84. The molecule has 3 N–H and O–H groups in total. The van der Waals surface area contributed by atoms with Crippen LogP contribution in [-0.4, -0.2) is 97.9 Å². The van der Waals surface area contributed by atoms with Crippen molar-refractivity contribution in [1.82, 2.24) is 24.8 Å². The highest BCUT2D eigenvalue weighted by atomic mass is 32.1. The number of β-amino-alcohol motifs (C(OH)–C–C–N with tert-alkyl or cyclic N) is 1. The molecule has 0 unspecified atom stereocenters. The maximum absolute atomic E-state index is 15.4. The Labute approximate surface area is 407 Å². The van der Waals surface area contributed by atoms with Crippen molar-refractivity contribution < 1.29 is 41.8 Å². The van der Waals surface area contributed by atoms with Gasteiger partial charge in [-0.2, -0.15) is 18.4 Å². The van der Waals surface area contributed by atoms with Gasteiger partial charge in [0.25, 0.3) is 5.91 Å². The zero-order valence-electron chi connectivity index (χ0n) is 38.9. The monoisotopic (exact) mass is 984 g/mol. The minimum absolute atomic E-state index is 0.0187. The van der Waals surface area contributed by atoms with Crippen LogP contribution in [0.3, 0.4) is 0 Å². The average Bonchev–Trinajstić information content (AvgIpc) is 3.96. The molecule has 362 valence electrons. The van der Waals surface area contributed by atoms with E-state index in [9.17, 15) is 42.7 Å². The Balaban J connectivity index is 0.920. The van der Waals surface area contributed by atoms with Gasteiger partial charge in [0, 0.05) is 42.9 Å². The summed E-state index contributed by atoms with van der Waals surface area (Å²) in [5.74, 6) is 2.79. The van der Waals surface area contributed by atoms with E-state index in [2.05, 4.69) is 26.8 Å². The Bertz CT molecular complexity index is 2750. The van der Waals surface area contributed by atoms with Gasteiger partial charge in [-0.25, -0.2) is 8.76 Å². The number of carbonyl (C=O) groups is 4. The molecule has 0 saturated carbocycles. The third kappa shape index (κ3) is 10.8. The number of rotatable bonds is 10. The number of hydrogen-bond acceptors (Lipinski definition) is 10. The van der Waals surface area contributed by atoms with Gasteiger partial charge in [0.05, 0.1) is 34.8 Å². The molecular weight excluding hydrogens is 933 g/mol. The molecule has 3 aliphatic rings. The maximum atomic E-state index is 15.4. The van der Waals surface area contributed by atoms with Crippen molar-refractivity contribution in [1.29, 1.82) is 5.26 Å². The Morgan fingerprint density at radius 2 is 1.70 bits per heavy atom. The van der Waals surface area contributed by atoms with E-state index in [-0.39, 0.29) is 48.9 Å². The normalized spacial score (nSPS) is 19.2. The van der Waals surface area contributed by atoms with Crippen molar-refractivity contribution in [3.05, 3.63) is 100 Å². The molecule has 4 heterocycles. The van der Waals surface area contributed by atoms with Crippen molar-refractivity contribution in [3.8, 4) is 28.4 Å². The molecule has 69 heavy (non-hydrogen) atoms. The third-order valence-corrected chi connectivity index (χ3v) is 14.0. The van der Waals surface area contributed by atoms with Gasteiger partial charge >= 0.3 is 6.18 Å². The molecule has 0 bridgehead atoms. The van der Waals surface area contributed by atoms with Gasteiger partial charge in [-0.15, -0.1) is 0 Å². The number of alkyl halides is 3. The molecule has 0 radical (unpaired) electrons. The number of hydrogen-bond donors (Lipinski definition) is 3. The first kappa shape index (κ1) is 50.6. The molecule has 19 heteroatoms. The van der Waals surface area contributed by atoms with Gasteiger partial charge in [-0.05, 0) is 129 Å².